The number of rotatable bonds is 10. The second kappa shape index (κ2) is 12.9. The Morgan fingerprint density at radius 3 is 2.55 bits per heavy atom. The summed E-state index contributed by atoms with van der Waals surface area (Å²) in [6, 6.07) is 9.29. The highest BCUT2D eigenvalue weighted by molar-refractivity contribution is 9.09. The van der Waals surface area contributed by atoms with Crippen molar-refractivity contribution in [3.8, 4) is 0 Å². The van der Waals surface area contributed by atoms with Crippen molar-refractivity contribution in [2.75, 3.05) is 11.9 Å². The van der Waals surface area contributed by atoms with Crippen LogP contribution in [-0.2, 0) is 30.6 Å². The van der Waals surface area contributed by atoms with E-state index in [4.69, 9.17) is 4.74 Å². The van der Waals surface area contributed by atoms with Crippen molar-refractivity contribution < 1.29 is 44.3 Å². The van der Waals surface area contributed by atoms with E-state index >= 15 is 0 Å². The smallest absolute Gasteiger partial charge is 0.457 e. The van der Waals surface area contributed by atoms with Crippen LogP contribution in [0.15, 0.2) is 42.9 Å². The number of hydrogen-bond acceptors (Lipinski definition) is 2. The van der Waals surface area contributed by atoms with Gasteiger partial charge in [0.2, 0.25) is 12.0 Å². The van der Waals surface area contributed by atoms with Crippen LogP contribution in [0.3, 0.4) is 0 Å². The van der Waals surface area contributed by atoms with E-state index in [0.29, 0.717) is 32.5 Å². The Labute approximate surface area is 187 Å². The molecular formula is C19H24Br2F3N3O2. The number of alkyl halides is 4. The maximum atomic E-state index is 13.2. The highest BCUT2D eigenvalue weighted by atomic mass is 79.9. The van der Waals surface area contributed by atoms with Crippen molar-refractivity contribution in [1.82, 2.24) is 9.88 Å². The standard InChI is InChI=1S/C19H23BrF3N3O2.BrH/c20-9-4-5-12-26-15-25(13-17(26)19(21,22)23)11-6-10-24-18(27)28-14-16-7-2-1-3-8-16;/h1-3,7-8,13,15H,4-6,9-12,14H2;1H. The summed E-state index contributed by atoms with van der Waals surface area (Å²) in [5.74, 6) is 0. The van der Waals surface area contributed by atoms with Gasteiger partial charge in [-0.1, -0.05) is 46.3 Å². The van der Waals surface area contributed by atoms with Crippen LogP contribution >= 0.6 is 15.9 Å². The Morgan fingerprint density at radius 1 is 1.17 bits per heavy atom. The molecule has 0 aliphatic heterocycles. The van der Waals surface area contributed by atoms with E-state index in [2.05, 4.69) is 21.2 Å². The number of aryl methyl sites for hydroxylation is 2. The first-order valence-electron chi connectivity index (χ1n) is 9.07. The average Bonchev–Trinajstić information content (AvgIpc) is 3.08. The zero-order valence-electron chi connectivity index (χ0n) is 15.8. The van der Waals surface area contributed by atoms with Crippen molar-refractivity contribution >= 4 is 22.0 Å². The number of halogens is 5. The summed E-state index contributed by atoms with van der Waals surface area (Å²) in [4.78, 5) is 11.7. The van der Waals surface area contributed by atoms with Gasteiger partial charge in [0.25, 0.3) is 0 Å². The molecule has 0 aliphatic carbocycles. The molecule has 1 aromatic carbocycles. The molecule has 29 heavy (non-hydrogen) atoms. The molecule has 5 nitrogen and oxygen atoms in total. The van der Waals surface area contributed by atoms with Gasteiger partial charge in [-0.05, 0) is 18.4 Å². The Kier molecular flexibility index (Phi) is 11.3. The molecule has 1 amide bonds. The van der Waals surface area contributed by atoms with E-state index in [9.17, 15) is 18.0 Å². The number of imidazole rings is 1. The zero-order valence-corrected chi connectivity index (χ0v) is 19.0. The number of amides is 1. The number of benzene rings is 1. The van der Waals surface area contributed by atoms with Gasteiger partial charge in [0, 0.05) is 18.3 Å². The molecule has 2 rings (SSSR count). The number of carbonyl (C=O) groups is 1. The normalized spacial score (nSPS) is 11.0. The minimum Gasteiger partial charge on any atom is -1.00 e. The average molecular weight is 543 g/mol. The van der Waals surface area contributed by atoms with Gasteiger partial charge in [-0.25, -0.2) is 13.9 Å². The molecule has 162 valence electrons. The first kappa shape index (κ1) is 25.5. The fourth-order valence-electron chi connectivity index (χ4n) is 2.65. The Hall–Kier alpha value is -1.55. The van der Waals surface area contributed by atoms with Crippen LogP contribution in [0.5, 0.6) is 0 Å². The Morgan fingerprint density at radius 2 is 1.90 bits per heavy atom. The van der Waals surface area contributed by atoms with Crippen LogP contribution in [0.25, 0.3) is 0 Å². The fraction of sp³-hybridized carbons (Fsp3) is 0.474. The molecule has 0 fully saturated rings. The van der Waals surface area contributed by atoms with Crippen LogP contribution in [0.2, 0.25) is 0 Å². The number of aromatic nitrogens is 2. The van der Waals surface area contributed by atoms with Gasteiger partial charge in [0.05, 0.1) is 13.1 Å². The second-order valence-corrected chi connectivity index (χ2v) is 7.09. The van der Waals surface area contributed by atoms with Crippen LogP contribution in [-0.4, -0.2) is 22.5 Å². The molecule has 0 saturated carbocycles. The first-order valence-corrected chi connectivity index (χ1v) is 10.2. The first-order chi connectivity index (χ1) is 13.4. The molecule has 0 aliphatic rings. The number of carbonyl (C=O) groups excluding carboxylic acids is 1. The number of alkyl carbamates (subject to hydrolysis) is 1. The summed E-state index contributed by atoms with van der Waals surface area (Å²) in [5, 5.41) is 3.37. The number of nitrogens with one attached hydrogen (secondary N) is 1. The molecule has 0 bridgehead atoms. The largest absolute Gasteiger partial charge is 1.00 e. The molecule has 0 atom stereocenters. The van der Waals surface area contributed by atoms with Gasteiger partial charge in [-0.2, -0.15) is 13.2 Å². The summed E-state index contributed by atoms with van der Waals surface area (Å²) in [6.45, 7) is 1.18. The van der Waals surface area contributed by atoms with Crippen molar-refractivity contribution in [2.24, 2.45) is 0 Å². The highest BCUT2D eigenvalue weighted by Crippen LogP contribution is 2.28. The van der Waals surface area contributed by atoms with Crippen LogP contribution in [0.1, 0.15) is 30.5 Å². The minimum absolute atomic E-state index is 0. The van der Waals surface area contributed by atoms with Crippen LogP contribution in [0.4, 0.5) is 18.0 Å². The van der Waals surface area contributed by atoms with Crippen LogP contribution < -0.4 is 26.9 Å². The van der Waals surface area contributed by atoms with E-state index in [0.717, 1.165) is 23.5 Å². The maximum Gasteiger partial charge on any atom is 0.457 e. The van der Waals surface area contributed by atoms with E-state index in [1.165, 1.54) is 15.5 Å². The van der Waals surface area contributed by atoms with Gasteiger partial charge in [0.15, 0.2) is 0 Å². The predicted octanol–water partition coefficient (Wildman–Crippen LogP) is 1.29. The Bertz CT molecular complexity index is 740. The second-order valence-electron chi connectivity index (χ2n) is 6.30. The lowest BCUT2D eigenvalue weighted by atomic mass is 10.2. The zero-order chi connectivity index (χ0) is 20.4. The molecule has 1 N–H and O–H groups in total. The van der Waals surface area contributed by atoms with Gasteiger partial charge < -0.3 is 27.0 Å². The number of hydrogen-bond donors (Lipinski definition) is 1. The summed E-state index contributed by atoms with van der Waals surface area (Å²) in [6.07, 6.45) is -0.376. The van der Waals surface area contributed by atoms with Gasteiger partial charge in [-0.3, -0.25) is 0 Å². The minimum atomic E-state index is -4.39. The topological polar surface area (TPSA) is 47.1 Å². The molecule has 2 aromatic rings. The fourth-order valence-corrected chi connectivity index (χ4v) is 3.04. The van der Waals surface area contributed by atoms with E-state index in [1.807, 2.05) is 30.3 Å². The molecule has 0 saturated heterocycles. The number of ether oxygens (including phenoxy) is 1. The SMILES string of the molecule is O=C(NCCC[n+]1cc(C(F)(F)F)n(CCCCBr)c1)OCc1ccccc1.[Br-]. The molecular weight excluding hydrogens is 519 g/mol. The Balaban J connectivity index is 0.00000420. The lowest BCUT2D eigenvalue weighted by Crippen LogP contribution is -3.00. The van der Waals surface area contributed by atoms with E-state index in [-0.39, 0.29) is 23.6 Å². The maximum absolute atomic E-state index is 13.2. The van der Waals surface area contributed by atoms with Crippen molar-refractivity contribution in [1.29, 1.82) is 0 Å². The lowest BCUT2D eigenvalue weighted by Gasteiger charge is -2.06. The third-order valence-electron chi connectivity index (χ3n) is 4.03. The summed E-state index contributed by atoms with van der Waals surface area (Å²) >= 11 is 3.28. The van der Waals surface area contributed by atoms with Crippen molar-refractivity contribution in [3.05, 3.63) is 54.1 Å². The summed E-state index contributed by atoms with van der Waals surface area (Å²) < 4.78 is 47.4. The number of nitrogens with zero attached hydrogens (tertiary/aromatic N) is 2. The van der Waals surface area contributed by atoms with E-state index in [1.54, 1.807) is 0 Å². The van der Waals surface area contributed by atoms with Gasteiger partial charge in [-0.15, -0.1) is 0 Å². The lowest BCUT2D eigenvalue weighted by molar-refractivity contribution is -0.697. The monoisotopic (exact) mass is 541 g/mol. The molecule has 0 spiro atoms. The summed E-state index contributed by atoms with van der Waals surface area (Å²) in [5.41, 5.74) is 0.228. The molecule has 0 radical (unpaired) electrons. The predicted molar refractivity (Wildman–Crippen MR) is 102 cm³/mol. The van der Waals surface area contributed by atoms with Crippen molar-refractivity contribution in [3.63, 3.8) is 0 Å². The van der Waals surface area contributed by atoms with Gasteiger partial charge >= 0.3 is 12.3 Å². The third-order valence-corrected chi connectivity index (χ3v) is 4.59. The van der Waals surface area contributed by atoms with Crippen LogP contribution in [0, 0.1) is 0 Å². The molecule has 0 unspecified atom stereocenters. The summed E-state index contributed by atoms with van der Waals surface area (Å²) in [7, 11) is 0. The molecule has 1 aromatic heterocycles. The molecule has 10 heteroatoms. The quantitative estimate of drug-likeness (QED) is 0.279. The molecule has 1 heterocycles. The van der Waals surface area contributed by atoms with Gasteiger partial charge in [0.1, 0.15) is 12.8 Å². The van der Waals surface area contributed by atoms with Crippen molar-refractivity contribution in [2.45, 2.75) is 45.1 Å². The number of unbranched alkanes of at least 4 members (excludes halogenated alkanes) is 1. The van der Waals surface area contributed by atoms with E-state index < -0.39 is 18.0 Å². The highest BCUT2D eigenvalue weighted by Gasteiger charge is 2.40. The third kappa shape index (κ3) is 9.20.